The van der Waals surface area contributed by atoms with Crippen LogP contribution in [0.4, 0.5) is 18.4 Å². The molecule has 0 radical (unpaired) electrons. The van der Waals surface area contributed by atoms with E-state index in [1.54, 1.807) is 21.7 Å². The van der Waals surface area contributed by atoms with Gasteiger partial charge in [-0.1, -0.05) is 12.1 Å². The number of H-pyrrole nitrogens is 1. The van der Waals surface area contributed by atoms with Crippen molar-refractivity contribution in [1.82, 2.24) is 29.7 Å². The molecule has 2 aromatic heterocycles. The molecule has 0 aliphatic carbocycles. The van der Waals surface area contributed by atoms with E-state index in [1.165, 1.54) is 24.1 Å². The van der Waals surface area contributed by atoms with Gasteiger partial charge in [0.2, 0.25) is 0 Å². The highest BCUT2D eigenvalue weighted by atomic mass is 19.2. The van der Waals surface area contributed by atoms with E-state index in [0.717, 1.165) is 11.6 Å². The highest BCUT2D eigenvalue weighted by Crippen LogP contribution is 2.30. The smallest absolute Gasteiger partial charge is 0.409 e. The maximum Gasteiger partial charge on any atom is 0.409 e. The first kappa shape index (κ1) is 28.5. The van der Waals surface area contributed by atoms with Gasteiger partial charge in [0.25, 0.3) is 0 Å². The molecule has 0 unspecified atom stereocenters. The number of carbonyl (C=O) groups is 2. The fourth-order valence-corrected chi connectivity index (χ4v) is 5.77. The van der Waals surface area contributed by atoms with Crippen LogP contribution < -0.4 is 11.0 Å². The van der Waals surface area contributed by atoms with Crippen molar-refractivity contribution in [2.45, 2.75) is 43.7 Å². The van der Waals surface area contributed by atoms with Crippen LogP contribution in [-0.2, 0) is 9.47 Å². The topological polar surface area (TPSA) is 122 Å². The Morgan fingerprint density at radius 1 is 1.05 bits per heavy atom. The quantitative estimate of drug-likeness (QED) is 0.437. The number of hydrogen-bond donors (Lipinski definition) is 2. The number of ether oxygens (including phenoxy) is 2. The highest BCUT2D eigenvalue weighted by Gasteiger charge is 2.33. The maximum atomic E-state index is 14.7. The van der Waals surface area contributed by atoms with Gasteiger partial charge < -0.3 is 24.6 Å². The molecule has 41 heavy (non-hydrogen) atoms. The monoisotopic (exact) mass is 572 g/mol. The molecule has 1 aromatic carbocycles. The van der Waals surface area contributed by atoms with Gasteiger partial charge in [-0.15, -0.1) is 0 Å². The third-order valence-corrected chi connectivity index (χ3v) is 7.87. The number of halogens is 2. The van der Waals surface area contributed by atoms with Crippen molar-refractivity contribution in [3.8, 4) is 0 Å². The summed E-state index contributed by atoms with van der Waals surface area (Å²) in [4.78, 5) is 48.8. The summed E-state index contributed by atoms with van der Waals surface area (Å²) in [5.74, 6) is -2.34. The number of nitrogens with one attached hydrogen (secondary N) is 2. The van der Waals surface area contributed by atoms with Crippen LogP contribution in [0, 0.1) is 11.6 Å². The maximum absolute atomic E-state index is 14.7. The van der Waals surface area contributed by atoms with Crippen LogP contribution >= 0.6 is 0 Å². The Bertz CT molecular complexity index is 1440. The molecule has 220 valence electrons. The number of methoxy groups -OCH3 is 1. The van der Waals surface area contributed by atoms with Gasteiger partial charge in [-0.05, 0) is 49.4 Å². The zero-order valence-corrected chi connectivity index (χ0v) is 22.9. The van der Waals surface area contributed by atoms with E-state index in [4.69, 9.17) is 9.47 Å². The Hall–Kier alpha value is -4.00. The molecule has 0 bridgehead atoms. The standard InChI is InChI=1S/C28H34F2N6O5/c1-40-14-15-41-28(39)35-16-18(21-4-2-5-22(29)24(21)30)7-8-19(17-35)32-26(37)34-12-9-20(10-13-34)36-23-6-3-11-31-25(23)33-27(36)38/h2-6,11,18-20H,7-10,12-17H2,1H3,(H,32,37)(H,31,33,38)/t18-,19-/m1/s1. The average molecular weight is 573 g/mol. The van der Waals surface area contributed by atoms with E-state index < -0.39 is 29.7 Å². The van der Waals surface area contributed by atoms with Crippen LogP contribution in [0.15, 0.2) is 41.3 Å². The summed E-state index contributed by atoms with van der Waals surface area (Å²) in [5, 5.41) is 3.03. The van der Waals surface area contributed by atoms with Crippen molar-refractivity contribution < 1.29 is 27.8 Å². The van der Waals surface area contributed by atoms with Gasteiger partial charge in [0, 0.05) is 57.5 Å². The number of fused-ring (bicyclic) bond motifs is 1. The number of imidazole rings is 1. The lowest BCUT2D eigenvalue weighted by molar-refractivity contribution is 0.0698. The van der Waals surface area contributed by atoms with Crippen LogP contribution in [0.1, 0.15) is 43.2 Å². The van der Waals surface area contributed by atoms with E-state index in [9.17, 15) is 23.2 Å². The Labute approximate surface area is 235 Å². The van der Waals surface area contributed by atoms with Gasteiger partial charge in [0.1, 0.15) is 6.61 Å². The number of amides is 3. The van der Waals surface area contributed by atoms with Crippen molar-refractivity contribution in [3.63, 3.8) is 0 Å². The molecular formula is C28H34F2N6O5. The number of urea groups is 1. The van der Waals surface area contributed by atoms with Gasteiger partial charge in [-0.25, -0.2) is 28.1 Å². The Morgan fingerprint density at radius 2 is 1.85 bits per heavy atom. The van der Waals surface area contributed by atoms with E-state index in [-0.39, 0.29) is 49.6 Å². The molecule has 2 atom stereocenters. The van der Waals surface area contributed by atoms with Gasteiger partial charge in [0.15, 0.2) is 17.3 Å². The number of piperidine rings is 1. The van der Waals surface area contributed by atoms with E-state index in [1.807, 2.05) is 6.07 Å². The highest BCUT2D eigenvalue weighted by molar-refractivity contribution is 5.75. The molecule has 11 nitrogen and oxygen atoms in total. The van der Waals surface area contributed by atoms with Crippen LogP contribution in [0.25, 0.3) is 11.2 Å². The first-order valence-electron chi connectivity index (χ1n) is 13.8. The lowest BCUT2D eigenvalue weighted by atomic mass is 9.93. The second-order valence-electron chi connectivity index (χ2n) is 10.5. The normalized spacial score (nSPS) is 20.2. The van der Waals surface area contributed by atoms with E-state index in [0.29, 0.717) is 44.4 Å². The lowest BCUT2D eigenvalue weighted by Crippen LogP contribution is -2.51. The number of benzene rings is 1. The molecule has 4 heterocycles. The summed E-state index contributed by atoms with van der Waals surface area (Å²) in [5.41, 5.74) is 1.24. The summed E-state index contributed by atoms with van der Waals surface area (Å²) in [6, 6.07) is 6.90. The van der Waals surface area contributed by atoms with E-state index in [2.05, 4.69) is 15.3 Å². The number of carbonyl (C=O) groups excluding carboxylic acids is 2. The third kappa shape index (κ3) is 6.34. The molecule has 3 amide bonds. The second-order valence-corrected chi connectivity index (χ2v) is 10.5. The molecule has 0 spiro atoms. The van der Waals surface area contributed by atoms with Crippen LogP contribution in [0.5, 0.6) is 0 Å². The molecule has 3 aromatic rings. The molecular weight excluding hydrogens is 538 g/mol. The summed E-state index contributed by atoms with van der Waals surface area (Å²) in [6.07, 6.45) is 3.11. The van der Waals surface area contributed by atoms with Crippen LogP contribution in [0.2, 0.25) is 0 Å². The summed E-state index contributed by atoms with van der Waals surface area (Å²) in [7, 11) is 1.49. The Morgan fingerprint density at radius 3 is 2.63 bits per heavy atom. The fourth-order valence-electron chi connectivity index (χ4n) is 5.77. The first-order chi connectivity index (χ1) is 19.9. The second kappa shape index (κ2) is 12.7. The lowest BCUT2D eigenvalue weighted by Gasteiger charge is -2.34. The van der Waals surface area contributed by atoms with Gasteiger partial charge >= 0.3 is 17.8 Å². The van der Waals surface area contributed by atoms with E-state index >= 15 is 0 Å². The largest absolute Gasteiger partial charge is 0.447 e. The van der Waals surface area contributed by atoms with Crippen molar-refractivity contribution in [1.29, 1.82) is 0 Å². The number of aromatic nitrogens is 3. The van der Waals surface area contributed by atoms with Crippen molar-refractivity contribution >= 4 is 23.3 Å². The van der Waals surface area contributed by atoms with Crippen molar-refractivity contribution in [3.05, 3.63) is 64.2 Å². The summed E-state index contributed by atoms with van der Waals surface area (Å²) >= 11 is 0. The molecule has 0 saturated carbocycles. The molecule has 2 saturated heterocycles. The Balaban J connectivity index is 1.24. The zero-order chi connectivity index (χ0) is 28.9. The molecule has 2 aliphatic rings. The predicted molar refractivity (Wildman–Crippen MR) is 146 cm³/mol. The van der Waals surface area contributed by atoms with Crippen LogP contribution in [0.3, 0.4) is 0 Å². The number of hydrogen-bond acceptors (Lipinski definition) is 6. The number of pyridine rings is 1. The van der Waals surface area contributed by atoms with Crippen molar-refractivity contribution in [2.75, 3.05) is 46.5 Å². The summed E-state index contributed by atoms with van der Waals surface area (Å²) in [6.45, 7) is 1.45. The van der Waals surface area contributed by atoms with Crippen LogP contribution in [-0.4, -0.2) is 89.0 Å². The number of likely N-dealkylation sites (tertiary alicyclic amines) is 2. The SMILES string of the molecule is COCCOC(=O)N1C[C@H](NC(=O)N2CCC(n3c(=O)[nH]c4ncccc43)CC2)CC[C@@H](c2cccc(F)c2F)C1. The summed E-state index contributed by atoms with van der Waals surface area (Å²) < 4.78 is 40.6. The van der Waals surface area contributed by atoms with Crippen molar-refractivity contribution in [2.24, 2.45) is 0 Å². The molecule has 5 rings (SSSR count). The zero-order valence-electron chi connectivity index (χ0n) is 22.9. The first-order valence-corrected chi connectivity index (χ1v) is 13.8. The minimum absolute atomic E-state index is 0.0480. The minimum atomic E-state index is -0.944. The number of nitrogens with zero attached hydrogens (tertiary/aromatic N) is 4. The molecule has 2 fully saturated rings. The number of aromatic amines is 1. The fraction of sp³-hybridized carbons (Fsp3) is 0.500. The molecule has 2 aliphatic heterocycles. The number of rotatable bonds is 6. The van der Waals surface area contributed by atoms with Gasteiger partial charge in [0.05, 0.1) is 12.1 Å². The minimum Gasteiger partial charge on any atom is -0.447 e. The van der Waals surface area contributed by atoms with Gasteiger partial charge in [-0.3, -0.25) is 9.55 Å². The molecule has 2 N–H and O–H groups in total. The third-order valence-electron chi connectivity index (χ3n) is 7.87. The molecule has 13 heteroatoms. The predicted octanol–water partition coefficient (Wildman–Crippen LogP) is 3.38. The average Bonchev–Trinajstić information content (AvgIpc) is 3.16. The van der Waals surface area contributed by atoms with Gasteiger partial charge in [-0.2, -0.15) is 0 Å². The Kier molecular flexibility index (Phi) is 8.81.